The van der Waals surface area contributed by atoms with Crippen LogP contribution in [0.15, 0.2) is 12.1 Å². The lowest BCUT2D eigenvalue weighted by atomic mass is 9.59. The van der Waals surface area contributed by atoms with Crippen molar-refractivity contribution in [3.8, 4) is 0 Å². The third kappa shape index (κ3) is 2.08. The van der Waals surface area contributed by atoms with Gasteiger partial charge in [-0.15, -0.1) is 0 Å². The zero-order valence-electron chi connectivity index (χ0n) is 14.7. The third-order valence-corrected chi connectivity index (χ3v) is 8.21. The molecule has 128 valence electrons. The van der Waals surface area contributed by atoms with Gasteiger partial charge in [0, 0.05) is 12.6 Å². The molecule has 3 atom stereocenters. The van der Waals surface area contributed by atoms with E-state index in [1.54, 1.807) is 22.5 Å². The third-order valence-electron chi connectivity index (χ3n) is 7.36. The van der Waals surface area contributed by atoms with Gasteiger partial charge in [0.2, 0.25) is 0 Å². The first-order chi connectivity index (χ1) is 11.5. The quantitative estimate of drug-likeness (QED) is 0.890. The minimum atomic E-state index is 0.293. The van der Waals surface area contributed by atoms with Gasteiger partial charge in [0.1, 0.15) is 0 Å². The van der Waals surface area contributed by atoms with Gasteiger partial charge in [-0.3, -0.25) is 4.90 Å². The van der Waals surface area contributed by atoms with Gasteiger partial charge >= 0.3 is 0 Å². The SMILES string of the molecule is C[C@H]1[C@H]2Cc3cc4sc(N)nc4cc3[C@@]1(C)CCN2CC1CCC1. The van der Waals surface area contributed by atoms with Crippen molar-refractivity contribution < 1.29 is 0 Å². The maximum Gasteiger partial charge on any atom is 0.181 e. The fraction of sp³-hybridized carbons (Fsp3) is 0.650. The van der Waals surface area contributed by atoms with Crippen LogP contribution in [0.25, 0.3) is 10.2 Å². The highest BCUT2D eigenvalue weighted by Gasteiger charge is 2.48. The number of rotatable bonds is 2. The molecule has 1 aliphatic heterocycles. The van der Waals surface area contributed by atoms with E-state index in [0.29, 0.717) is 22.5 Å². The Morgan fingerprint density at radius 1 is 1.38 bits per heavy atom. The number of nitrogens with two attached hydrogens (primary N) is 1. The number of benzene rings is 1. The molecule has 1 aromatic heterocycles. The maximum absolute atomic E-state index is 5.95. The average molecular weight is 342 g/mol. The minimum Gasteiger partial charge on any atom is -0.375 e. The molecule has 1 saturated carbocycles. The fourth-order valence-electron chi connectivity index (χ4n) is 5.39. The Morgan fingerprint density at radius 2 is 2.21 bits per heavy atom. The maximum atomic E-state index is 5.95. The lowest BCUT2D eigenvalue weighted by molar-refractivity contribution is 0.0124. The van der Waals surface area contributed by atoms with Gasteiger partial charge in [0.05, 0.1) is 10.2 Å². The highest BCUT2D eigenvalue weighted by atomic mass is 32.1. The van der Waals surface area contributed by atoms with Crippen LogP contribution in [-0.4, -0.2) is 29.0 Å². The average Bonchev–Trinajstić information content (AvgIpc) is 2.86. The highest BCUT2D eigenvalue weighted by Crippen LogP contribution is 2.50. The molecule has 3 aliphatic rings. The van der Waals surface area contributed by atoms with E-state index < -0.39 is 0 Å². The van der Waals surface area contributed by atoms with Crippen molar-refractivity contribution in [3.63, 3.8) is 0 Å². The van der Waals surface area contributed by atoms with E-state index in [1.807, 2.05) is 0 Å². The largest absolute Gasteiger partial charge is 0.375 e. The van der Waals surface area contributed by atoms with Crippen LogP contribution in [0.5, 0.6) is 0 Å². The summed E-state index contributed by atoms with van der Waals surface area (Å²) >= 11 is 1.63. The lowest BCUT2D eigenvalue weighted by Gasteiger charge is -2.55. The van der Waals surface area contributed by atoms with Crippen LogP contribution in [0.3, 0.4) is 0 Å². The van der Waals surface area contributed by atoms with E-state index in [0.717, 1.165) is 11.4 Å². The second-order valence-corrected chi connectivity index (χ2v) is 9.61. The van der Waals surface area contributed by atoms with Crippen LogP contribution in [0, 0.1) is 11.8 Å². The number of hydrogen-bond acceptors (Lipinski definition) is 4. The molecule has 0 unspecified atom stereocenters. The molecule has 2 bridgehead atoms. The number of piperidine rings is 1. The van der Waals surface area contributed by atoms with Crippen molar-refractivity contribution in [2.24, 2.45) is 11.8 Å². The van der Waals surface area contributed by atoms with Crippen LogP contribution < -0.4 is 5.73 Å². The molecule has 0 radical (unpaired) electrons. The van der Waals surface area contributed by atoms with Gasteiger partial charge in [0.25, 0.3) is 0 Å². The molecule has 2 aromatic rings. The van der Waals surface area contributed by atoms with E-state index in [2.05, 4.69) is 35.9 Å². The van der Waals surface area contributed by atoms with Crippen LogP contribution in [0.4, 0.5) is 5.13 Å². The van der Waals surface area contributed by atoms with E-state index in [9.17, 15) is 0 Å². The first-order valence-corrected chi connectivity index (χ1v) is 10.3. The monoisotopic (exact) mass is 341 g/mol. The molecule has 24 heavy (non-hydrogen) atoms. The summed E-state index contributed by atoms with van der Waals surface area (Å²) in [4.78, 5) is 7.37. The first kappa shape index (κ1) is 15.2. The van der Waals surface area contributed by atoms with Crippen molar-refractivity contribution >= 4 is 26.7 Å². The van der Waals surface area contributed by atoms with Crippen molar-refractivity contribution in [2.45, 2.75) is 57.4 Å². The Labute approximate surface area is 148 Å². The molecule has 2 heterocycles. The molecule has 2 fully saturated rings. The summed E-state index contributed by atoms with van der Waals surface area (Å²) in [6, 6.07) is 5.45. The Morgan fingerprint density at radius 3 is 2.96 bits per heavy atom. The van der Waals surface area contributed by atoms with E-state index in [-0.39, 0.29) is 0 Å². The number of aromatic nitrogens is 1. The molecule has 2 N–H and O–H groups in total. The normalized spacial score (nSPS) is 33.4. The number of nitrogens with zero attached hydrogens (tertiary/aromatic N) is 2. The Hall–Kier alpha value is -1.13. The summed E-state index contributed by atoms with van der Waals surface area (Å²) in [6.07, 6.45) is 6.82. The second-order valence-electron chi connectivity index (χ2n) is 8.55. The second kappa shape index (κ2) is 5.18. The van der Waals surface area contributed by atoms with E-state index >= 15 is 0 Å². The van der Waals surface area contributed by atoms with Gasteiger partial charge in [0.15, 0.2) is 5.13 Å². The van der Waals surface area contributed by atoms with E-state index in [1.165, 1.54) is 49.9 Å². The zero-order valence-corrected chi connectivity index (χ0v) is 15.5. The Kier molecular flexibility index (Phi) is 3.27. The van der Waals surface area contributed by atoms with Crippen LogP contribution in [0.1, 0.15) is 50.7 Å². The fourth-order valence-corrected chi connectivity index (χ4v) is 6.17. The molecule has 1 saturated heterocycles. The van der Waals surface area contributed by atoms with Gasteiger partial charge in [-0.05, 0) is 72.7 Å². The van der Waals surface area contributed by atoms with Crippen molar-refractivity contribution in [1.29, 1.82) is 0 Å². The minimum absolute atomic E-state index is 0.293. The summed E-state index contributed by atoms with van der Waals surface area (Å²) in [5.41, 5.74) is 10.4. The first-order valence-electron chi connectivity index (χ1n) is 9.48. The summed E-state index contributed by atoms with van der Waals surface area (Å²) in [5.74, 6) is 1.68. The molecule has 2 aliphatic carbocycles. The summed E-state index contributed by atoms with van der Waals surface area (Å²) in [5, 5.41) is 0.695. The summed E-state index contributed by atoms with van der Waals surface area (Å²) in [7, 11) is 0. The standard InChI is InChI=1S/C20H27N3S/c1-12-17-8-14-9-18-16(22-19(21)24-18)10-15(14)20(12,2)6-7-23(17)11-13-4-3-5-13/h9-10,12-13,17H,3-8,11H2,1-2H3,(H2,21,22)/t12-,17+,20-/m0/s1. The summed E-state index contributed by atoms with van der Waals surface area (Å²) < 4.78 is 1.26. The zero-order chi connectivity index (χ0) is 16.5. The molecule has 1 aromatic carbocycles. The lowest BCUT2D eigenvalue weighted by Crippen LogP contribution is -2.59. The Bertz CT molecular complexity index is 794. The number of thiazole rings is 1. The number of hydrogen-bond donors (Lipinski definition) is 1. The smallest absolute Gasteiger partial charge is 0.181 e. The number of nitrogen functional groups attached to an aromatic ring is 1. The van der Waals surface area contributed by atoms with Crippen molar-refractivity contribution in [1.82, 2.24) is 9.88 Å². The predicted octanol–water partition coefficient (Wildman–Crippen LogP) is 4.20. The van der Waals surface area contributed by atoms with Crippen molar-refractivity contribution in [3.05, 3.63) is 23.3 Å². The number of likely N-dealkylation sites (tertiary alicyclic amines) is 1. The van der Waals surface area contributed by atoms with Crippen LogP contribution >= 0.6 is 11.3 Å². The van der Waals surface area contributed by atoms with Gasteiger partial charge in [-0.25, -0.2) is 4.98 Å². The number of fused-ring (bicyclic) bond motifs is 5. The van der Waals surface area contributed by atoms with Gasteiger partial charge in [-0.2, -0.15) is 0 Å². The highest BCUT2D eigenvalue weighted by molar-refractivity contribution is 7.22. The molecule has 0 spiro atoms. The molecular weight excluding hydrogens is 314 g/mol. The van der Waals surface area contributed by atoms with Gasteiger partial charge < -0.3 is 5.73 Å². The predicted molar refractivity (Wildman–Crippen MR) is 102 cm³/mol. The van der Waals surface area contributed by atoms with Crippen LogP contribution in [-0.2, 0) is 11.8 Å². The molecule has 5 rings (SSSR count). The molecule has 4 heteroatoms. The number of anilines is 1. The molecule has 3 nitrogen and oxygen atoms in total. The summed E-state index contributed by atoms with van der Waals surface area (Å²) in [6.45, 7) is 7.57. The molecular formula is C20H27N3S. The van der Waals surface area contributed by atoms with Crippen LogP contribution in [0.2, 0.25) is 0 Å². The topological polar surface area (TPSA) is 42.1 Å². The Balaban J connectivity index is 1.56. The van der Waals surface area contributed by atoms with E-state index in [4.69, 9.17) is 5.73 Å². The van der Waals surface area contributed by atoms with Crippen molar-refractivity contribution in [2.75, 3.05) is 18.8 Å². The van der Waals surface area contributed by atoms with Gasteiger partial charge in [-0.1, -0.05) is 31.6 Å². The molecule has 0 amide bonds.